The lowest BCUT2D eigenvalue weighted by Crippen LogP contribution is -2.42. The lowest BCUT2D eigenvalue weighted by atomic mass is 10.2. The van der Waals surface area contributed by atoms with Crippen molar-refractivity contribution in [3.63, 3.8) is 0 Å². The standard InChI is InChI=1S/C11H12BrFN2O3/c1-2-9(10(16)17)15-11(18)14-6-3-4-8(13)7(12)5-6/h3-5,9H,2H2,1H3,(H,16,17)(H2,14,15,18)/t9-/m0/s1. The van der Waals surface area contributed by atoms with Crippen molar-refractivity contribution < 1.29 is 19.1 Å². The van der Waals surface area contributed by atoms with E-state index in [1.807, 2.05) is 0 Å². The smallest absolute Gasteiger partial charge is 0.326 e. The Morgan fingerprint density at radius 3 is 2.67 bits per heavy atom. The highest BCUT2D eigenvalue weighted by Crippen LogP contribution is 2.19. The van der Waals surface area contributed by atoms with Crippen LogP contribution in [0.4, 0.5) is 14.9 Å². The van der Waals surface area contributed by atoms with Gasteiger partial charge in [0.05, 0.1) is 4.47 Å². The summed E-state index contributed by atoms with van der Waals surface area (Å²) in [7, 11) is 0. The molecule has 1 aromatic rings. The first-order valence-electron chi connectivity index (χ1n) is 5.19. The number of carboxylic acid groups (broad SMARTS) is 1. The lowest BCUT2D eigenvalue weighted by molar-refractivity contribution is -0.139. The van der Waals surface area contributed by atoms with Crippen LogP contribution in [0, 0.1) is 5.82 Å². The minimum atomic E-state index is -1.10. The summed E-state index contributed by atoms with van der Waals surface area (Å²) in [6.07, 6.45) is 0.274. The van der Waals surface area contributed by atoms with E-state index in [0.29, 0.717) is 5.69 Å². The van der Waals surface area contributed by atoms with Crippen molar-refractivity contribution >= 4 is 33.6 Å². The topological polar surface area (TPSA) is 78.4 Å². The molecule has 7 heteroatoms. The molecule has 5 nitrogen and oxygen atoms in total. The van der Waals surface area contributed by atoms with Gasteiger partial charge in [-0.25, -0.2) is 14.0 Å². The van der Waals surface area contributed by atoms with Crippen LogP contribution in [-0.4, -0.2) is 23.1 Å². The normalized spacial score (nSPS) is 11.7. The molecule has 0 heterocycles. The molecule has 1 aromatic carbocycles. The molecule has 0 aliphatic rings. The number of hydrogen-bond acceptors (Lipinski definition) is 2. The first-order valence-corrected chi connectivity index (χ1v) is 5.98. The Kier molecular flexibility index (Phi) is 5.08. The van der Waals surface area contributed by atoms with Gasteiger partial charge in [0.25, 0.3) is 0 Å². The van der Waals surface area contributed by atoms with Gasteiger partial charge in [-0.15, -0.1) is 0 Å². The van der Waals surface area contributed by atoms with E-state index in [-0.39, 0.29) is 10.9 Å². The summed E-state index contributed by atoms with van der Waals surface area (Å²) >= 11 is 2.98. The minimum absolute atomic E-state index is 0.213. The summed E-state index contributed by atoms with van der Waals surface area (Å²) in [5.41, 5.74) is 0.362. The number of carbonyl (C=O) groups excluding carboxylic acids is 1. The summed E-state index contributed by atoms with van der Waals surface area (Å²) in [6.45, 7) is 1.65. The van der Waals surface area contributed by atoms with Crippen molar-refractivity contribution in [1.29, 1.82) is 0 Å². The number of halogens is 2. The van der Waals surface area contributed by atoms with Crippen LogP contribution in [-0.2, 0) is 4.79 Å². The zero-order valence-corrected chi connectivity index (χ0v) is 11.1. The van der Waals surface area contributed by atoms with E-state index < -0.39 is 23.9 Å². The molecule has 0 saturated heterocycles. The van der Waals surface area contributed by atoms with E-state index in [0.717, 1.165) is 0 Å². The Morgan fingerprint density at radius 2 is 2.17 bits per heavy atom. The van der Waals surface area contributed by atoms with Gasteiger partial charge in [0.1, 0.15) is 11.9 Å². The molecular weight excluding hydrogens is 307 g/mol. The van der Waals surface area contributed by atoms with E-state index in [1.54, 1.807) is 6.92 Å². The van der Waals surface area contributed by atoms with Gasteiger partial charge in [0.15, 0.2) is 0 Å². The number of nitrogens with one attached hydrogen (secondary N) is 2. The molecule has 98 valence electrons. The second kappa shape index (κ2) is 6.34. The fraction of sp³-hybridized carbons (Fsp3) is 0.273. The number of anilines is 1. The fourth-order valence-electron chi connectivity index (χ4n) is 1.24. The fourth-order valence-corrected chi connectivity index (χ4v) is 1.62. The number of hydrogen-bond donors (Lipinski definition) is 3. The van der Waals surface area contributed by atoms with Crippen LogP contribution in [0.5, 0.6) is 0 Å². The zero-order valence-electron chi connectivity index (χ0n) is 9.54. The Hall–Kier alpha value is -1.63. The Bertz CT molecular complexity index is 468. The summed E-state index contributed by atoms with van der Waals surface area (Å²) in [5, 5.41) is 13.5. The maximum absolute atomic E-state index is 13.0. The van der Waals surface area contributed by atoms with Crippen LogP contribution in [0.2, 0.25) is 0 Å². The first-order chi connectivity index (χ1) is 8.43. The van der Waals surface area contributed by atoms with Crippen molar-refractivity contribution in [2.45, 2.75) is 19.4 Å². The number of carbonyl (C=O) groups is 2. The van der Waals surface area contributed by atoms with Crippen molar-refractivity contribution in [2.24, 2.45) is 0 Å². The molecule has 0 radical (unpaired) electrons. The quantitative estimate of drug-likeness (QED) is 0.798. The zero-order chi connectivity index (χ0) is 13.7. The second-order valence-electron chi connectivity index (χ2n) is 3.53. The SMILES string of the molecule is CC[C@H](NC(=O)Nc1ccc(F)c(Br)c1)C(=O)O. The lowest BCUT2D eigenvalue weighted by Gasteiger charge is -2.13. The van der Waals surface area contributed by atoms with Crippen LogP contribution in [0.25, 0.3) is 0 Å². The van der Waals surface area contributed by atoms with Crippen LogP contribution in [0.15, 0.2) is 22.7 Å². The third kappa shape index (κ3) is 3.99. The second-order valence-corrected chi connectivity index (χ2v) is 4.38. The highest BCUT2D eigenvalue weighted by molar-refractivity contribution is 9.10. The Balaban J connectivity index is 2.64. The number of carboxylic acids is 1. The van der Waals surface area contributed by atoms with E-state index in [2.05, 4.69) is 26.6 Å². The van der Waals surface area contributed by atoms with Gasteiger partial charge in [-0.2, -0.15) is 0 Å². The molecule has 0 fully saturated rings. The largest absolute Gasteiger partial charge is 0.480 e. The van der Waals surface area contributed by atoms with Crippen molar-refractivity contribution in [3.05, 3.63) is 28.5 Å². The Morgan fingerprint density at radius 1 is 1.50 bits per heavy atom. The number of benzene rings is 1. The van der Waals surface area contributed by atoms with E-state index in [9.17, 15) is 14.0 Å². The molecular formula is C11H12BrFN2O3. The predicted octanol–water partition coefficient (Wildman–Crippen LogP) is 2.57. The maximum Gasteiger partial charge on any atom is 0.326 e. The van der Waals surface area contributed by atoms with Crippen molar-refractivity contribution in [2.75, 3.05) is 5.32 Å². The van der Waals surface area contributed by atoms with Crippen LogP contribution >= 0.6 is 15.9 Å². The summed E-state index contributed by atoms with van der Waals surface area (Å²) < 4.78 is 13.2. The van der Waals surface area contributed by atoms with E-state index >= 15 is 0 Å². The molecule has 0 saturated carbocycles. The number of rotatable bonds is 4. The van der Waals surface area contributed by atoms with Gasteiger partial charge in [0, 0.05) is 5.69 Å². The number of urea groups is 1. The number of amides is 2. The molecule has 0 unspecified atom stereocenters. The molecule has 1 atom stereocenters. The molecule has 0 aromatic heterocycles. The van der Waals surface area contributed by atoms with E-state index in [1.165, 1.54) is 18.2 Å². The third-order valence-electron chi connectivity index (χ3n) is 2.19. The summed E-state index contributed by atoms with van der Waals surface area (Å²) in [5.74, 6) is -1.55. The average Bonchev–Trinajstić information content (AvgIpc) is 2.30. The van der Waals surface area contributed by atoms with Gasteiger partial charge < -0.3 is 15.7 Å². The number of aliphatic carboxylic acids is 1. The Labute approximate surface area is 112 Å². The third-order valence-corrected chi connectivity index (χ3v) is 2.80. The van der Waals surface area contributed by atoms with Gasteiger partial charge in [-0.05, 0) is 40.5 Å². The maximum atomic E-state index is 13.0. The molecule has 0 aliphatic heterocycles. The molecule has 18 heavy (non-hydrogen) atoms. The van der Waals surface area contributed by atoms with Crippen molar-refractivity contribution in [3.8, 4) is 0 Å². The van der Waals surface area contributed by atoms with Gasteiger partial charge in [-0.3, -0.25) is 0 Å². The van der Waals surface area contributed by atoms with Crippen LogP contribution in [0.3, 0.4) is 0 Å². The average molecular weight is 319 g/mol. The van der Waals surface area contributed by atoms with Gasteiger partial charge in [-0.1, -0.05) is 6.92 Å². The van der Waals surface area contributed by atoms with Gasteiger partial charge >= 0.3 is 12.0 Å². The molecule has 0 aliphatic carbocycles. The molecule has 2 amide bonds. The van der Waals surface area contributed by atoms with Gasteiger partial charge in [0.2, 0.25) is 0 Å². The predicted molar refractivity (Wildman–Crippen MR) is 68.0 cm³/mol. The summed E-state index contributed by atoms with van der Waals surface area (Å²) in [6, 6.07) is 2.35. The summed E-state index contributed by atoms with van der Waals surface area (Å²) in [4.78, 5) is 22.2. The molecule has 0 bridgehead atoms. The van der Waals surface area contributed by atoms with E-state index in [4.69, 9.17) is 5.11 Å². The van der Waals surface area contributed by atoms with Crippen molar-refractivity contribution in [1.82, 2.24) is 5.32 Å². The van der Waals surface area contributed by atoms with Crippen LogP contribution in [0.1, 0.15) is 13.3 Å². The minimum Gasteiger partial charge on any atom is -0.480 e. The monoisotopic (exact) mass is 318 g/mol. The highest BCUT2D eigenvalue weighted by Gasteiger charge is 2.17. The molecule has 1 rings (SSSR count). The highest BCUT2D eigenvalue weighted by atomic mass is 79.9. The van der Waals surface area contributed by atoms with Crippen LogP contribution < -0.4 is 10.6 Å². The molecule has 0 spiro atoms. The molecule has 3 N–H and O–H groups in total. The first kappa shape index (κ1) is 14.4.